The second-order valence-corrected chi connectivity index (χ2v) is 4.54. The van der Waals surface area contributed by atoms with E-state index < -0.39 is 0 Å². The Labute approximate surface area is 112 Å². The molecule has 1 unspecified atom stereocenters. The Morgan fingerprint density at radius 3 is 2.84 bits per heavy atom. The molecule has 1 atom stereocenters. The number of likely N-dealkylation sites (tertiary alicyclic amines) is 1. The molecule has 1 aromatic heterocycles. The van der Waals surface area contributed by atoms with Gasteiger partial charge in [0, 0.05) is 26.3 Å². The topological polar surface area (TPSA) is 74.3 Å². The van der Waals surface area contributed by atoms with Crippen molar-refractivity contribution >= 4 is 17.6 Å². The number of pyridine rings is 1. The van der Waals surface area contributed by atoms with E-state index in [2.05, 4.69) is 15.6 Å². The fourth-order valence-corrected chi connectivity index (χ4v) is 2.01. The molecule has 1 saturated heterocycles. The van der Waals surface area contributed by atoms with Crippen molar-refractivity contribution in [3.05, 3.63) is 23.9 Å². The molecule has 0 aromatic carbocycles. The van der Waals surface area contributed by atoms with Gasteiger partial charge in [-0.3, -0.25) is 9.59 Å². The average Bonchev–Trinajstić information content (AvgIpc) is 2.72. The number of carbonyl (C=O) groups excluding carboxylic acids is 2. The van der Waals surface area contributed by atoms with Gasteiger partial charge in [-0.15, -0.1) is 0 Å². The first-order valence-corrected chi connectivity index (χ1v) is 6.37. The Morgan fingerprint density at radius 1 is 1.53 bits per heavy atom. The van der Waals surface area contributed by atoms with E-state index in [1.165, 1.54) is 6.20 Å². The molecule has 0 aliphatic carbocycles. The van der Waals surface area contributed by atoms with Crippen molar-refractivity contribution in [2.45, 2.75) is 19.4 Å². The molecule has 6 heteroatoms. The molecule has 19 heavy (non-hydrogen) atoms. The van der Waals surface area contributed by atoms with E-state index in [0.717, 1.165) is 13.0 Å². The van der Waals surface area contributed by atoms with Crippen LogP contribution in [0.2, 0.25) is 0 Å². The Bertz CT molecular complexity index is 472. The third-order valence-corrected chi connectivity index (χ3v) is 3.11. The van der Waals surface area contributed by atoms with E-state index >= 15 is 0 Å². The maximum absolute atomic E-state index is 11.7. The zero-order chi connectivity index (χ0) is 13.8. The number of likely N-dealkylation sites (N-methyl/N-ethyl adjacent to an activating group) is 1. The summed E-state index contributed by atoms with van der Waals surface area (Å²) in [5.41, 5.74) is 0.516. The van der Waals surface area contributed by atoms with E-state index in [0.29, 0.717) is 17.9 Å². The number of rotatable bonds is 4. The van der Waals surface area contributed by atoms with Crippen LogP contribution in [0.25, 0.3) is 0 Å². The minimum Gasteiger partial charge on any atom is -0.358 e. The summed E-state index contributed by atoms with van der Waals surface area (Å²) in [6.07, 6.45) is 2.28. The Hall–Kier alpha value is -2.11. The van der Waals surface area contributed by atoms with Gasteiger partial charge in [0.25, 0.3) is 5.91 Å². The van der Waals surface area contributed by atoms with E-state index in [1.807, 2.05) is 6.92 Å². The monoisotopic (exact) mass is 262 g/mol. The number of nitrogens with zero attached hydrogens (tertiary/aromatic N) is 2. The second kappa shape index (κ2) is 5.69. The molecule has 1 aromatic rings. The van der Waals surface area contributed by atoms with E-state index in [-0.39, 0.29) is 17.9 Å². The maximum atomic E-state index is 11.7. The summed E-state index contributed by atoms with van der Waals surface area (Å²) in [4.78, 5) is 29.2. The smallest absolute Gasteiger partial charge is 0.252 e. The molecular weight excluding hydrogens is 244 g/mol. The van der Waals surface area contributed by atoms with Crippen molar-refractivity contribution in [2.24, 2.45) is 0 Å². The van der Waals surface area contributed by atoms with Gasteiger partial charge in [0.05, 0.1) is 5.56 Å². The van der Waals surface area contributed by atoms with Gasteiger partial charge < -0.3 is 15.5 Å². The molecule has 1 fully saturated rings. The average molecular weight is 262 g/mol. The Morgan fingerprint density at radius 2 is 2.32 bits per heavy atom. The zero-order valence-corrected chi connectivity index (χ0v) is 11.1. The van der Waals surface area contributed by atoms with E-state index in [9.17, 15) is 9.59 Å². The summed E-state index contributed by atoms with van der Waals surface area (Å²) in [5.74, 6) is 0.550. The number of hydrogen-bond acceptors (Lipinski definition) is 4. The van der Waals surface area contributed by atoms with Gasteiger partial charge >= 0.3 is 0 Å². The lowest BCUT2D eigenvalue weighted by molar-refractivity contribution is -0.127. The molecule has 102 valence electrons. The summed E-state index contributed by atoms with van der Waals surface area (Å²) in [6.45, 7) is 3.21. The SMILES string of the molecule is CCNC(=O)c1ccc(NC2CCN(C)C2=O)nc1. The predicted octanol–water partition coefficient (Wildman–Crippen LogP) is 0.474. The fourth-order valence-electron chi connectivity index (χ4n) is 2.01. The lowest BCUT2D eigenvalue weighted by Gasteiger charge is -2.12. The number of nitrogens with one attached hydrogen (secondary N) is 2. The second-order valence-electron chi connectivity index (χ2n) is 4.54. The highest BCUT2D eigenvalue weighted by Crippen LogP contribution is 2.14. The standard InChI is InChI=1S/C13H18N4O2/c1-3-14-12(18)9-4-5-11(15-8-9)16-10-6-7-17(2)13(10)19/h4-5,8,10H,3,6-7H2,1-2H3,(H,14,18)(H,15,16). The van der Waals surface area contributed by atoms with Crippen molar-refractivity contribution in [3.63, 3.8) is 0 Å². The molecular formula is C13H18N4O2. The third-order valence-electron chi connectivity index (χ3n) is 3.11. The first-order chi connectivity index (χ1) is 9.11. The summed E-state index contributed by atoms with van der Waals surface area (Å²) in [6, 6.07) is 3.20. The minimum atomic E-state index is -0.215. The van der Waals surface area contributed by atoms with Crippen LogP contribution in [-0.2, 0) is 4.79 Å². The van der Waals surface area contributed by atoms with Crippen molar-refractivity contribution < 1.29 is 9.59 Å². The summed E-state index contributed by atoms with van der Waals surface area (Å²) < 4.78 is 0. The van der Waals surface area contributed by atoms with Crippen LogP contribution in [0, 0.1) is 0 Å². The molecule has 2 amide bonds. The first-order valence-electron chi connectivity index (χ1n) is 6.37. The first kappa shape index (κ1) is 13.3. The van der Waals surface area contributed by atoms with Crippen molar-refractivity contribution in [3.8, 4) is 0 Å². The summed E-state index contributed by atoms with van der Waals surface area (Å²) >= 11 is 0. The number of carbonyl (C=O) groups is 2. The molecule has 6 nitrogen and oxygen atoms in total. The zero-order valence-electron chi connectivity index (χ0n) is 11.1. The van der Waals surface area contributed by atoms with E-state index in [4.69, 9.17) is 0 Å². The lowest BCUT2D eigenvalue weighted by atomic mass is 10.2. The van der Waals surface area contributed by atoms with Crippen molar-refractivity contribution in [1.82, 2.24) is 15.2 Å². The summed E-state index contributed by atoms with van der Waals surface area (Å²) in [5, 5.41) is 5.79. The molecule has 0 bridgehead atoms. The highest BCUT2D eigenvalue weighted by atomic mass is 16.2. The van der Waals surface area contributed by atoms with E-state index in [1.54, 1.807) is 24.1 Å². The molecule has 0 radical (unpaired) electrons. The van der Waals surface area contributed by atoms with Gasteiger partial charge in [0.2, 0.25) is 5.91 Å². The highest BCUT2D eigenvalue weighted by Gasteiger charge is 2.28. The largest absolute Gasteiger partial charge is 0.358 e. The maximum Gasteiger partial charge on any atom is 0.252 e. The predicted molar refractivity (Wildman–Crippen MR) is 71.9 cm³/mol. The Kier molecular flexibility index (Phi) is 3.99. The van der Waals surface area contributed by atoms with Gasteiger partial charge in [0.15, 0.2) is 0 Å². The summed E-state index contributed by atoms with van der Waals surface area (Å²) in [7, 11) is 1.79. The van der Waals surface area contributed by atoms with Crippen LogP contribution in [0.15, 0.2) is 18.3 Å². The molecule has 2 rings (SSSR count). The van der Waals surface area contributed by atoms with Crippen LogP contribution in [0.4, 0.5) is 5.82 Å². The van der Waals surface area contributed by atoms with Crippen LogP contribution in [0.5, 0.6) is 0 Å². The van der Waals surface area contributed by atoms with Gasteiger partial charge in [-0.1, -0.05) is 0 Å². The normalized spacial score (nSPS) is 18.5. The molecule has 2 heterocycles. The van der Waals surface area contributed by atoms with Crippen LogP contribution >= 0.6 is 0 Å². The van der Waals surface area contributed by atoms with Gasteiger partial charge in [-0.25, -0.2) is 4.98 Å². The third kappa shape index (κ3) is 3.01. The lowest BCUT2D eigenvalue weighted by Crippen LogP contribution is -2.31. The van der Waals surface area contributed by atoms with Crippen LogP contribution < -0.4 is 10.6 Å². The number of aromatic nitrogens is 1. The van der Waals surface area contributed by atoms with Crippen LogP contribution in [0.1, 0.15) is 23.7 Å². The van der Waals surface area contributed by atoms with Gasteiger partial charge in [-0.2, -0.15) is 0 Å². The number of amides is 2. The van der Waals surface area contributed by atoms with Crippen molar-refractivity contribution in [2.75, 3.05) is 25.5 Å². The minimum absolute atomic E-state index is 0.0783. The highest BCUT2D eigenvalue weighted by molar-refractivity contribution is 5.94. The number of anilines is 1. The fraction of sp³-hybridized carbons (Fsp3) is 0.462. The van der Waals surface area contributed by atoms with Crippen LogP contribution in [-0.4, -0.2) is 47.9 Å². The molecule has 0 spiro atoms. The quantitative estimate of drug-likeness (QED) is 0.827. The Balaban J connectivity index is 1.99. The van der Waals surface area contributed by atoms with Gasteiger partial charge in [0.1, 0.15) is 11.9 Å². The van der Waals surface area contributed by atoms with Crippen molar-refractivity contribution in [1.29, 1.82) is 0 Å². The molecule has 0 saturated carbocycles. The number of hydrogen-bond donors (Lipinski definition) is 2. The van der Waals surface area contributed by atoms with Gasteiger partial charge in [-0.05, 0) is 25.5 Å². The van der Waals surface area contributed by atoms with Crippen LogP contribution in [0.3, 0.4) is 0 Å². The molecule has 1 aliphatic rings. The molecule has 2 N–H and O–H groups in total. The molecule has 1 aliphatic heterocycles.